The third-order valence-corrected chi connectivity index (χ3v) is 19.3. The molecule has 0 aromatic heterocycles. The van der Waals surface area contributed by atoms with Crippen molar-refractivity contribution in [2.24, 2.45) is 28.6 Å². The average Bonchev–Trinajstić information content (AvgIpc) is 3.58. The Balaban J connectivity index is 0.00000201. The number of allylic oxidation sites excluding steroid dienone is 4. The number of benzene rings is 3. The van der Waals surface area contributed by atoms with Gasteiger partial charge in [-0.1, -0.05) is 0 Å². The van der Waals surface area contributed by atoms with E-state index in [-0.39, 0.29) is 41.1 Å². The van der Waals surface area contributed by atoms with Crippen molar-refractivity contribution in [3.63, 3.8) is 0 Å². The maximum atomic E-state index is 2.87. The van der Waals surface area contributed by atoms with Gasteiger partial charge < -0.3 is 24.8 Å². The molecule has 252 valence electrons. The zero-order chi connectivity index (χ0) is 32.1. The molecule has 0 saturated heterocycles. The van der Waals surface area contributed by atoms with Crippen LogP contribution in [0.1, 0.15) is 115 Å². The van der Waals surface area contributed by atoms with Crippen LogP contribution >= 0.6 is 0 Å². The number of hydrogen-bond acceptors (Lipinski definition) is 0. The molecule has 0 radical (unpaired) electrons. The van der Waals surface area contributed by atoms with E-state index in [1.807, 2.05) is 0 Å². The van der Waals surface area contributed by atoms with Crippen LogP contribution in [-0.2, 0) is 44.9 Å². The zero-order valence-corrected chi connectivity index (χ0v) is 34.2. The van der Waals surface area contributed by atoms with Crippen molar-refractivity contribution < 1.29 is 46.1 Å². The van der Waals surface area contributed by atoms with E-state index in [2.05, 4.69) is 131 Å². The Morgan fingerprint density at radius 2 is 1.35 bits per heavy atom. The largest absolute Gasteiger partial charge is 1.00 e. The van der Waals surface area contributed by atoms with Crippen LogP contribution in [0.4, 0.5) is 0 Å². The molecule has 1 unspecified atom stereocenters. The molecule has 3 heteroatoms. The summed E-state index contributed by atoms with van der Waals surface area (Å²) in [6, 6.07) is 23.9. The van der Waals surface area contributed by atoms with Crippen LogP contribution in [0.2, 0.25) is 0 Å². The van der Waals surface area contributed by atoms with Gasteiger partial charge in [-0.25, -0.2) is 0 Å². The maximum Gasteiger partial charge on any atom is -1.00 e. The molecule has 4 bridgehead atoms. The van der Waals surface area contributed by atoms with E-state index >= 15 is 0 Å². The summed E-state index contributed by atoms with van der Waals surface area (Å²) in [7, 11) is 0. The third kappa shape index (κ3) is 6.30. The van der Waals surface area contributed by atoms with E-state index in [4.69, 9.17) is 0 Å². The number of rotatable bonds is 5. The maximum absolute atomic E-state index is 2.87. The van der Waals surface area contributed by atoms with Crippen molar-refractivity contribution >= 4 is 6.98 Å². The number of halogens is 2. The van der Waals surface area contributed by atoms with E-state index in [1.165, 1.54) is 71.9 Å². The van der Waals surface area contributed by atoms with Crippen molar-refractivity contribution in [2.45, 2.75) is 111 Å². The van der Waals surface area contributed by atoms with Gasteiger partial charge in [0.2, 0.25) is 0 Å². The van der Waals surface area contributed by atoms with Crippen LogP contribution in [0.15, 0.2) is 82.2 Å². The predicted octanol–water partition coefficient (Wildman–Crippen LogP) is 4.83. The predicted molar refractivity (Wildman–Crippen MR) is 194 cm³/mol. The van der Waals surface area contributed by atoms with Crippen molar-refractivity contribution in [3.8, 4) is 11.1 Å². The summed E-state index contributed by atoms with van der Waals surface area (Å²) in [5.74, 6) is 2.96. The van der Waals surface area contributed by atoms with Gasteiger partial charge in [0.05, 0.1) is 0 Å². The summed E-state index contributed by atoms with van der Waals surface area (Å²) in [6.45, 7) is 16.9. The Morgan fingerprint density at radius 1 is 0.750 bits per heavy atom. The van der Waals surface area contributed by atoms with Crippen LogP contribution in [0.3, 0.4) is 0 Å². The van der Waals surface area contributed by atoms with Crippen LogP contribution in [0, 0.1) is 28.6 Å². The fraction of sp³-hybridized carbons (Fsp3) is 0.489. The van der Waals surface area contributed by atoms with Crippen LogP contribution < -0.4 is 28.1 Å². The molecule has 0 amide bonds. The Labute approximate surface area is 311 Å². The molecule has 4 saturated carbocycles. The van der Waals surface area contributed by atoms with E-state index in [0.29, 0.717) is 5.41 Å². The van der Waals surface area contributed by atoms with Crippen LogP contribution in [-0.4, -0.2) is 3.71 Å². The second-order valence-corrected chi connectivity index (χ2v) is 24.1. The minimum Gasteiger partial charge on any atom is -1.00 e. The molecule has 0 spiro atoms. The molecule has 6 aliphatic rings. The van der Waals surface area contributed by atoms with Gasteiger partial charge in [-0.05, 0) is 0 Å². The topological polar surface area (TPSA) is 0 Å². The molecular weight excluding hydrogens is 703 g/mol. The van der Waals surface area contributed by atoms with Crippen molar-refractivity contribution in [3.05, 3.63) is 110 Å². The first kappa shape index (κ1) is 36.3. The SMILES string of the molecule is CC(C)(C)c1ccc2c(c1)-c1cc(C(C)(C)C)c[c]([Zr+2](=[CH]Cc3ccccc3)[C]3=CC(C)(C45CC6CC(CC(C6)C4)C5)C=C3)c1C2.[Cl-].[Cl-]. The Bertz CT molecular complexity index is 1760. The first-order valence-corrected chi connectivity index (χ1v) is 22.2. The fourth-order valence-corrected chi connectivity index (χ4v) is 17.4. The van der Waals surface area contributed by atoms with Gasteiger partial charge in [0.15, 0.2) is 0 Å². The van der Waals surface area contributed by atoms with E-state index in [1.54, 1.807) is 12.1 Å². The molecule has 4 fully saturated rings. The average molecular weight is 757 g/mol. The van der Waals surface area contributed by atoms with Gasteiger partial charge >= 0.3 is 289 Å². The Kier molecular flexibility index (Phi) is 9.75. The molecule has 0 nitrogen and oxygen atoms in total. The molecule has 3 aromatic carbocycles. The fourth-order valence-electron chi connectivity index (χ4n) is 10.6. The first-order valence-electron chi connectivity index (χ1n) is 18.3. The van der Waals surface area contributed by atoms with Gasteiger partial charge in [-0.2, -0.15) is 0 Å². The van der Waals surface area contributed by atoms with Crippen LogP contribution in [0.5, 0.6) is 0 Å². The van der Waals surface area contributed by atoms with E-state index in [9.17, 15) is 0 Å². The van der Waals surface area contributed by atoms with E-state index < -0.39 is 21.3 Å². The second-order valence-electron chi connectivity index (χ2n) is 18.3. The van der Waals surface area contributed by atoms with Crippen molar-refractivity contribution in [2.75, 3.05) is 0 Å². The van der Waals surface area contributed by atoms with Crippen molar-refractivity contribution in [1.29, 1.82) is 0 Å². The Hall–Kier alpha value is -1.53. The quantitative estimate of drug-likeness (QED) is 0.274. The summed E-state index contributed by atoms with van der Waals surface area (Å²) in [6.07, 6.45) is 19.4. The standard InChI is InChI=1S/C21H25.C16H21.C8H8.2ClH.Zr/c1-20(2,3)16-9-7-14-11-15-8-10-17(21(4,5)6)13-19(15)18(14)12-16;1-15(4-2-3-5-15)16-9-12-6-13(10-16)8-14(7-12)11-16;1-2-8-6-4-3-5-7-8;;;/h7,9-10,12-13H,11H2,1-6H3;2,4-5,12-14H,6-11H2,1H3;1,3-7H,2H2;2*1H;/q;;;;;+2/p-2. The van der Waals surface area contributed by atoms with Gasteiger partial charge in [0.25, 0.3) is 0 Å². The summed E-state index contributed by atoms with van der Waals surface area (Å²) >= 11 is -2.48. The molecule has 0 aliphatic heterocycles. The molecule has 6 aliphatic carbocycles. The van der Waals surface area contributed by atoms with E-state index in [0.717, 1.165) is 30.6 Å². The molecule has 9 rings (SSSR count). The molecule has 48 heavy (non-hydrogen) atoms. The monoisotopic (exact) mass is 754 g/mol. The number of hydrogen-bond donors (Lipinski definition) is 0. The minimum atomic E-state index is -2.48. The molecule has 0 heterocycles. The van der Waals surface area contributed by atoms with Crippen LogP contribution in [0.25, 0.3) is 11.1 Å². The summed E-state index contributed by atoms with van der Waals surface area (Å²) < 4.78 is 6.32. The zero-order valence-electron chi connectivity index (χ0n) is 30.2. The molecule has 1 atom stereocenters. The van der Waals surface area contributed by atoms with Crippen molar-refractivity contribution in [1.82, 2.24) is 0 Å². The molecule has 3 aromatic rings. The Morgan fingerprint density at radius 3 is 1.96 bits per heavy atom. The summed E-state index contributed by atoms with van der Waals surface area (Å²) in [5.41, 5.74) is 11.6. The normalized spacial score (nSPS) is 28.1. The summed E-state index contributed by atoms with van der Waals surface area (Å²) in [5, 5.41) is 0. The summed E-state index contributed by atoms with van der Waals surface area (Å²) in [4.78, 5) is 0. The minimum absolute atomic E-state index is 0. The smallest absolute Gasteiger partial charge is 1.00 e. The van der Waals surface area contributed by atoms with Gasteiger partial charge in [0.1, 0.15) is 0 Å². The second kappa shape index (κ2) is 12.9. The molecular formula is C45H54Cl2Zr. The number of fused-ring (bicyclic) bond motifs is 3. The van der Waals surface area contributed by atoms with Gasteiger partial charge in [0, 0.05) is 0 Å². The van der Waals surface area contributed by atoms with Gasteiger partial charge in [-0.15, -0.1) is 0 Å². The van der Waals surface area contributed by atoms with Gasteiger partial charge in [-0.3, -0.25) is 0 Å². The first-order chi connectivity index (χ1) is 21.8. The third-order valence-electron chi connectivity index (χ3n) is 13.0. The molecule has 0 N–H and O–H groups in total.